The number of thiol groups is 1. The van der Waals surface area contributed by atoms with Gasteiger partial charge in [0.25, 0.3) is 0 Å². The smallest absolute Gasteiger partial charge is 0.408 e. The van der Waals surface area contributed by atoms with E-state index in [0.717, 1.165) is 11.3 Å². The molecule has 0 spiro atoms. The Morgan fingerprint density at radius 3 is 2.00 bits per heavy atom. The second-order valence-electron chi connectivity index (χ2n) is 11.0. The molecule has 0 fully saturated rings. The van der Waals surface area contributed by atoms with Crippen molar-refractivity contribution >= 4 is 42.4 Å². The maximum absolute atomic E-state index is 13.2. The molecular formula is C28H44N4O8S. The Kier molecular flexibility index (Phi) is 15.1. The van der Waals surface area contributed by atoms with Crippen LogP contribution in [0.3, 0.4) is 0 Å². The van der Waals surface area contributed by atoms with E-state index in [2.05, 4.69) is 33.9 Å². The molecule has 230 valence electrons. The van der Waals surface area contributed by atoms with Gasteiger partial charge in [-0.3, -0.25) is 19.2 Å². The second kappa shape index (κ2) is 17.4. The third kappa shape index (κ3) is 14.6. The van der Waals surface area contributed by atoms with E-state index in [1.54, 1.807) is 27.9 Å². The predicted octanol–water partition coefficient (Wildman–Crippen LogP) is 2.06. The van der Waals surface area contributed by atoms with Crippen LogP contribution >= 0.6 is 12.6 Å². The average molecular weight is 597 g/mol. The van der Waals surface area contributed by atoms with Crippen LogP contribution in [0.2, 0.25) is 0 Å². The lowest BCUT2D eigenvalue weighted by Gasteiger charge is -2.26. The van der Waals surface area contributed by atoms with Crippen molar-refractivity contribution in [3.63, 3.8) is 0 Å². The van der Waals surface area contributed by atoms with Gasteiger partial charge in [-0.2, -0.15) is 12.6 Å². The summed E-state index contributed by atoms with van der Waals surface area (Å²) in [5.74, 6) is -2.20. The first-order valence-corrected chi connectivity index (χ1v) is 14.1. The topological polar surface area (TPSA) is 172 Å². The molecule has 1 aromatic carbocycles. The van der Waals surface area contributed by atoms with Crippen LogP contribution in [0.5, 0.6) is 5.75 Å². The Hall–Kier alpha value is -3.48. The number of amides is 4. The van der Waals surface area contributed by atoms with E-state index in [1.165, 1.54) is 0 Å². The molecule has 5 N–H and O–H groups in total. The number of hydrogen-bond acceptors (Lipinski definition) is 8. The third-order valence-electron chi connectivity index (χ3n) is 5.68. The highest BCUT2D eigenvalue weighted by Crippen LogP contribution is 2.12. The number of ether oxygens (including phenoxy) is 2. The predicted molar refractivity (Wildman–Crippen MR) is 157 cm³/mol. The Morgan fingerprint density at radius 2 is 1.49 bits per heavy atom. The monoisotopic (exact) mass is 596 g/mol. The number of hydrogen-bond donors (Lipinski definition) is 6. The van der Waals surface area contributed by atoms with Crippen molar-refractivity contribution in [3.8, 4) is 5.75 Å². The first-order chi connectivity index (χ1) is 19.1. The largest absolute Gasteiger partial charge is 0.497 e. The molecule has 3 atom stereocenters. The number of carbonyl (C=O) groups is 5. The first-order valence-electron chi connectivity index (χ1n) is 13.5. The highest BCUT2D eigenvalue weighted by molar-refractivity contribution is 7.80. The minimum absolute atomic E-state index is 0.0177. The van der Waals surface area contributed by atoms with Gasteiger partial charge in [0.05, 0.1) is 7.11 Å². The molecule has 12 nitrogen and oxygen atoms in total. The van der Waals surface area contributed by atoms with Crippen LogP contribution in [0, 0.1) is 5.92 Å². The SMILES string of the molecule is COc1ccc(CCNC(=O)[C@H](CS)NC(=O)[C@H](CC(C)C)NC(=O)[C@H](CCC(=O)O)NC(=O)OC(C)(C)C)cc1. The summed E-state index contributed by atoms with van der Waals surface area (Å²) in [4.78, 5) is 62.5. The van der Waals surface area contributed by atoms with Gasteiger partial charge >= 0.3 is 12.1 Å². The van der Waals surface area contributed by atoms with Gasteiger partial charge in [0, 0.05) is 18.7 Å². The number of nitrogens with one attached hydrogen (secondary N) is 4. The molecule has 0 saturated carbocycles. The number of alkyl carbamates (subject to hydrolysis) is 1. The molecule has 1 aromatic rings. The van der Waals surface area contributed by atoms with Gasteiger partial charge in [0.1, 0.15) is 29.5 Å². The number of aliphatic carboxylic acids is 1. The quantitative estimate of drug-likeness (QED) is 0.157. The Bertz CT molecular complexity index is 1030. The fraction of sp³-hybridized carbons (Fsp3) is 0.607. The van der Waals surface area contributed by atoms with Crippen LogP contribution in [0.25, 0.3) is 0 Å². The maximum atomic E-state index is 13.2. The maximum Gasteiger partial charge on any atom is 0.408 e. The number of rotatable bonds is 16. The van der Waals surface area contributed by atoms with E-state index >= 15 is 0 Å². The molecule has 0 aliphatic rings. The number of carbonyl (C=O) groups excluding carboxylic acids is 4. The van der Waals surface area contributed by atoms with E-state index in [-0.39, 0.29) is 24.5 Å². The van der Waals surface area contributed by atoms with E-state index in [9.17, 15) is 24.0 Å². The fourth-order valence-corrected chi connectivity index (χ4v) is 3.93. The zero-order chi connectivity index (χ0) is 31.2. The summed E-state index contributed by atoms with van der Waals surface area (Å²) in [6.45, 7) is 8.99. The van der Waals surface area contributed by atoms with Gasteiger partial charge in [0.15, 0.2) is 0 Å². The van der Waals surface area contributed by atoms with Crippen LogP contribution < -0.4 is 26.0 Å². The molecule has 0 bridgehead atoms. The highest BCUT2D eigenvalue weighted by Gasteiger charge is 2.31. The summed E-state index contributed by atoms with van der Waals surface area (Å²) in [5.41, 5.74) is 0.157. The van der Waals surface area contributed by atoms with Gasteiger partial charge in [-0.05, 0) is 63.6 Å². The van der Waals surface area contributed by atoms with Crippen molar-refractivity contribution in [1.29, 1.82) is 0 Å². The average Bonchev–Trinajstić information content (AvgIpc) is 2.87. The van der Waals surface area contributed by atoms with Gasteiger partial charge in [-0.1, -0.05) is 26.0 Å². The Balaban J connectivity index is 2.86. The molecule has 1 rings (SSSR count). The molecule has 0 aliphatic carbocycles. The lowest BCUT2D eigenvalue weighted by molar-refractivity contribution is -0.137. The van der Waals surface area contributed by atoms with E-state index in [4.69, 9.17) is 14.6 Å². The lowest BCUT2D eigenvalue weighted by atomic mass is 10.0. The van der Waals surface area contributed by atoms with Crippen molar-refractivity contribution in [3.05, 3.63) is 29.8 Å². The normalized spacial score (nSPS) is 13.4. The van der Waals surface area contributed by atoms with Crippen molar-refractivity contribution < 1.29 is 38.6 Å². The summed E-state index contributed by atoms with van der Waals surface area (Å²) in [5, 5.41) is 19.5. The van der Waals surface area contributed by atoms with Crippen molar-refractivity contribution in [2.75, 3.05) is 19.4 Å². The zero-order valence-electron chi connectivity index (χ0n) is 24.6. The first kappa shape index (κ1) is 35.5. The molecule has 0 unspecified atom stereocenters. The number of carboxylic acid groups (broad SMARTS) is 1. The molecule has 13 heteroatoms. The highest BCUT2D eigenvalue weighted by atomic mass is 32.1. The van der Waals surface area contributed by atoms with E-state index < -0.39 is 59.9 Å². The van der Waals surface area contributed by atoms with Crippen molar-refractivity contribution in [1.82, 2.24) is 21.3 Å². The summed E-state index contributed by atoms with van der Waals surface area (Å²) in [7, 11) is 1.58. The molecule has 0 radical (unpaired) electrons. The second-order valence-corrected chi connectivity index (χ2v) is 11.3. The summed E-state index contributed by atoms with van der Waals surface area (Å²) in [6, 6.07) is 4.16. The Morgan fingerprint density at radius 1 is 0.902 bits per heavy atom. The third-order valence-corrected chi connectivity index (χ3v) is 6.05. The van der Waals surface area contributed by atoms with Crippen LogP contribution in [0.15, 0.2) is 24.3 Å². The van der Waals surface area contributed by atoms with Crippen LogP contribution in [-0.2, 0) is 30.3 Å². The minimum Gasteiger partial charge on any atom is -0.497 e. The van der Waals surface area contributed by atoms with Crippen LogP contribution in [0.1, 0.15) is 59.4 Å². The summed E-state index contributed by atoms with van der Waals surface area (Å²) < 4.78 is 10.3. The van der Waals surface area contributed by atoms with Crippen LogP contribution in [0.4, 0.5) is 4.79 Å². The van der Waals surface area contributed by atoms with Gasteiger partial charge in [-0.25, -0.2) is 4.79 Å². The lowest BCUT2D eigenvalue weighted by Crippen LogP contribution is -2.57. The van der Waals surface area contributed by atoms with Gasteiger partial charge in [-0.15, -0.1) is 0 Å². The summed E-state index contributed by atoms with van der Waals surface area (Å²) in [6.07, 6.45) is -0.709. The summed E-state index contributed by atoms with van der Waals surface area (Å²) >= 11 is 4.21. The minimum atomic E-state index is -1.26. The zero-order valence-corrected chi connectivity index (χ0v) is 25.5. The van der Waals surface area contributed by atoms with Gasteiger partial charge in [0.2, 0.25) is 17.7 Å². The van der Waals surface area contributed by atoms with Crippen LogP contribution in [-0.4, -0.2) is 78.0 Å². The molecule has 0 heterocycles. The molecule has 4 amide bonds. The Labute approximate surface area is 247 Å². The standard InChI is InChI=1S/C28H44N4O8S/c1-17(2)15-21(30-25(36)20(11-12-23(33)34)32-27(38)40-28(3,4)5)26(37)31-22(16-41)24(35)29-14-13-18-7-9-19(39-6)10-8-18/h7-10,17,20-22,41H,11-16H2,1-6H3,(H,29,35)(H,30,36)(H,31,37)(H,32,38)(H,33,34)/t20-,21-,22-/m0/s1. The number of carboxylic acids is 1. The van der Waals surface area contributed by atoms with Crippen molar-refractivity contribution in [2.24, 2.45) is 5.92 Å². The molecule has 0 aromatic heterocycles. The van der Waals surface area contributed by atoms with E-state index in [0.29, 0.717) is 13.0 Å². The number of benzene rings is 1. The van der Waals surface area contributed by atoms with E-state index in [1.807, 2.05) is 38.1 Å². The fourth-order valence-electron chi connectivity index (χ4n) is 3.67. The molecule has 0 aliphatic heterocycles. The molecular weight excluding hydrogens is 552 g/mol. The molecule has 41 heavy (non-hydrogen) atoms. The number of methoxy groups -OCH3 is 1. The van der Waals surface area contributed by atoms with Crippen molar-refractivity contribution in [2.45, 2.75) is 84.0 Å². The molecule has 0 saturated heterocycles. The van der Waals surface area contributed by atoms with Gasteiger partial charge < -0.3 is 35.8 Å².